The minimum absolute atomic E-state index is 0.112. The number of nitrogens with one attached hydrogen (secondary N) is 4. The van der Waals surface area contributed by atoms with Gasteiger partial charge in [0.25, 0.3) is 11.8 Å². The molecule has 80 heavy (non-hydrogen) atoms. The summed E-state index contributed by atoms with van der Waals surface area (Å²) in [5.41, 5.74) is 3.05. The molecule has 6 amide bonds. The van der Waals surface area contributed by atoms with Crippen molar-refractivity contribution in [2.75, 3.05) is 94.0 Å². The number of carbonyl (C=O) groups excluding carboxylic acids is 6. The molecule has 4 fully saturated rings. The van der Waals surface area contributed by atoms with Crippen LogP contribution >= 0.6 is 0 Å². The molecule has 18 heteroatoms. The van der Waals surface area contributed by atoms with Crippen molar-refractivity contribution >= 4 is 46.2 Å². The van der Waals surface area contributed by atoms with Crippen LogP contribution in [0.3, 0.4) is 0 Å². The maximum atomic E-state index is 15.1. The third kappa shape index (κ3) is 14.8. The fourth-order valence-electron chi connectivity index (χ4n) is 11.9. The molecule has 0 bridgehead atoms. The van der Waals surface area contributed by atoms with Crippen molar-refractivity contribution in [1.29, 1.82) is 0 Å². The molecule has 4 N–H and O–H groups in total. The highest BCUT2D eigenvalue weighted by molar-refractivity contribution is 6.02. The van der Waals surface area contributed by atoms with Crippen molar-refractivity contribution in [3.63, 3.8) is 0 Å². The molecular formula is C62H84N8O10. The van der Waals surface area contributed by atoms with Gasteiger partial charge < -0.3 is 59.8 Å². The normalized spacial score (nSPS) is 21.4. The van der Waals surface area contributed by atoms with E-state index >= 15 is 9.59 Å². The molecule has 0 unspecified atom stereocenters. The summed E-state index contributed by atoms with van der Waals surface area (Å²) in [5, 5.41) is 13.7. The monoisotopic (exact) mass is 1100 g/mol. The molecule has 4 aromatic carbocycles. The summed E-state index contributed by atoms with van der Waals surface area (Å²) in [5.74, 6) is -1.52. The lowest BCUT2D eigenvalue weighted by Crippen LogP contribution is -2.59. The highest BCUT2D eigenvalue weighted by Crippen LogP contribution is 2.31. The number of hydrogen-bond donors (Lipinski definition) is 4. The molecular weight excluding hydrogens is 1020 g/mol. The van der Waals surface area contributed by atoms with E-state index in [9.17, 15) is 19.2 Å². The number of rotatable bonds is 24. The molecule has 0 aromatic heterocycles. The van der Waals surface area contributed by atoms with Gasteiger partial charge >= 0.3 is 0 Å². The summed E-state index contributed by atoms with van der Waals surface area (Å²) >= 11 is 0. The van der Waals surface area contributed by atoms with Crippen LogP contribution in [0.2, 0.25) is 0 Å². The zero-order chi connectivity index (χ0) is 56.7. The van der Waals surface area contributed by atoms with Crippen molar-refractivity contribution in [1.82, 2.24) is 40.9 Å². The van der Waals surface area contributed by atoms with Crippen LogP contribution in [0.25, 0.3) is 10.8 Å². The lowest BCUT2D eigenvalue weighted by molar-refractivity contribution is -0.141. The molecule has 0 aliphatic carbocycles. The minimum Gasteiger partial charge on any atom is -0.381 e. The van der Waals surface area contributed by atoms with Crippen LogP contribution in [-0.2, 0) is 51.0 Å². The molecule has 4 aliphatic heterocycles. The fraction of sp³-hybridized carbons (Fsp3) is 0.548. The lowest BCUT2D eigenvalue weighted by Gasteiger charge is -2.38. The Balaban J connectivity index is 1.05. The molecule has 4 aliphatic rings. The zero-order valence-electron chi connectivity index (χ0n) is 47.6. The summed E-state index contributed by atoms with van der Waals surface area (Å²) in [6, 6.07) is 27.5. The van der Waals surface area contributed by atoms with Gasteiger partial charge in [-0.1, -0.05) is 72.8 Å². The number of nitrogens with zero attached hydrogens (tertiary/aromatic N) is 4. The smallest absolute Gasteiger partial charge is 0.253 e. The van der Waals surface area contributed by atoms with E-state index in [0.717, 1.165) is 21.9 Å². The first kappa shape index (κ1) is 59.8. The molecule has 18 nitrogen and oxygen atoms in total. The fourth-order valence-corrected chi connectivity index (χ4v) is 11.9. The van der Waals surface area contributed by atoms with Crippen molar-refractivity contribution < 1.29 is 47.7 Å². The van der Waals surface area contributed by atoms with E-state index in [-0.39, 0.29) is 72.6 Å². The average Bonchev–Trinajstić information content (AvgIpc) is 4.15. The Morgan fingerprint density at radius 1 is 0.550 bits per heavy atom. The summed E-state index contributed by atoms with van der Waals surface area (Å²) in [7, 11) is 6.70. The van der Waals surface area contributed by atoms with Crippen molar-refractivity contribution in [2.45, 2.75) is 114 Å². The summed E-state index contributed by atoms with van der Waals surface area (Å²) in [6.45, 7) is 7.53. The number of likely N-dealkylation sites (N-methyl/N-ethyl adjacent to an activating group) is 2. The predicted molar refractivity (Wildman–Crippen MR) is 306 cm³/mol. The van der Waals surface area contributed by atoms with Gasteiger partial charge in [0.05, 0.1) is 36.4 Å². The molecule has 4 saturated heterocycles. The van der Waals surface area contributed by atoms with E-state index in [4.69, 9.17) is 18.9 Å². The number of likely N-dealkylation sites (tertiary alicyclic amines) is 2. The van der Waals surface area contributed by atoms with Crippen molar-refractivity contribution in [3.8, 4) is 0 Å². The maximum Gasteiger partial charge on any atom is 0.253 e. The number of amides is 6. The third-order valence-corrected chi connectivity index (χ3v) is 17.1. The van der Waals surface area contributed by atoms with Gasteiger partial charge in [-0.25, -0.2) is 0 Å². The molecule has 8 atom stereocenters. The molecule has 0 spiro atoms. The molecule has 0 saturated carbocycles. The number of hydrogen-bond acceptors (Lipinski definition) is 12. The second-order valence-electron chi connectivity index (χ2n) is 22.0. The van der Waals surface area contributed by atoms with Gasteiger partial charge in [0, 0.05) is 91.0 Å². The predicted octanol–water partition coefficient (Wildman–Crippen LogP) is 4.48. The summed E-state index contributed by atoms with van der Waals surface area (Å²) < 4.78 is 23.4. The molecule has 432 valence electrons. The Kier molecular flexibility index (Phi) is 21.6. The SMILES string of the molecule is CN[C@@H](C)C(=O)N[C@H](C(=O)N1CC[C@H](OC)[C@H]1CN(CCc1ccccc1)C(=O)c1ccc2cc(C(=O)N(CCc3ccccc3)C[C@@H]3[C@@H](OC)CCN3C(=O)[C@@H](NC(=O)[C@H](C)NC)C3CCOCC3)ccc2c1)C1CCOCC1. The third-order valence-electron chi connectivity index (χ3n) is 17.1. The Morgan fingerprint density at radius 2 is 0.925 bits per heavy atom. The molecule has 0 radical (unpaired) electrons. The van der Waals surface area contributed by atoms with Gasteiger partial charge in [-0.15, -0.1) is 0 Å². The summed E-state index contributed by atoms with van der Waals surface area (Å²) in [4.78, 5) is 93.8. The first-order chi connectivity index (χ1) is 38.8. The van der Waals surface area contributed by atoms with Crippen LogP contribution in [0.1, 0.15) is 84.2 Å². The van der Waals surface area contributed by atoms with E-state index in [1.54, 1.807) is 54.3 Å². The van der Waals surface area contributed by atoms with Gasteiger partial charge in [-0.05, 0) is 137 Å². The van der Waals surface area contributed by atoms with Gasteiger partial charge in [0.1, 0.15) is 12.1 Å². The van der Waals surface area contributed by atoms with E-state index in [2.05, 4.69) is 21.3 Å². The van der Waals surface area contributed by atoms with Crippen LogP contribution in [-0.4, -0.2) is 198 Å². The van der Waals surface area contributed by atoms with Gasteiger partial charge in [0.15, 0.2) is 0 Å². The second kappa shape index (κ2) is 28.9. The Morgan fingerprint density at radius 3 is 1.27 bits per heavy atom. The Hall–Kier alpha value is -6.28. The number of carbonyl (C=O) groups is 6. The van der Waals surface area contributed by atoms with Crippen molar-refractivity contribution in [2.24, 2.45) is 11.8 Å². The maximum absolute atomic E-state index is 15.1. The van der Waals surface area contributed by atoms with Crippen LogP contribution in [0.15, 0.2) is 97.1 Å². The number of fused-ring (bicyclic) bond motifs is 1. The van der Waals surface area contributed by atoms with Crippen LogP contribution < -0.4 is 21.3 Å². The van der Waals surface area contributed by atoms with Crippen molar-refractivity contribution in [3.05, 3.63) is 119 Å². The largest absolute Gasteiger partial charge is 0.381 e. The van der Waals surface area contributed by atoms with Crippen LogP contribution in [0, 0.1) is 11.8 Å². The number of benzene rings is 4. The minimum atomic E-state index is -0.765. The molecule has 8 rings (SSSR count). The highest BCUT2D eigenvalue weighted by Gasteiger charge is 2.46. The van der Waals surface area contributed by atoms with Gasteiger partial charge in [-0.3, -0.25) is 28.8 Å². The van der Waals surface area contributed by atoms with Crippen LogP contribution in [0.5, 0.6) is 0 Å². The first-order valence-electron chi connectivity index (χ1n) is 28.8. The van der Waals surface area contributed by atoms with E-state index in [1.165, 1.54) is 0 Å². The quantitative estimate of drug-likeness (QED) is 0.0769. The molecule has 4 heterocycles. The Labute approximate surface area is 471 Å². The van der Waals surface area contributed by atoms with Crippen LogP contribution in [0.4, 0.5) is 0 Å². The number of methoxy groups -OCH3 is 2. The standard InChI is InChI=1S/C62H84N8O10/c1-41(63-3)57(71)65-55(45-25-33-79-34-26-45)61(75)69-31-23-53(77-5)51(69)39-67(29-21-43-13-9-7-10-14-43)59(73)49-19-17-48-38-50(20-18-47(48)37-49)60(74)68(30-22-44-15-11-8-12-16-44)40-52-54(78-6)24-32-70(52)62(76)56(46-27-35-80-36-28-46)66-58(72)42(2)64-4/h7-20,37-38,41-42,45-46,51-56,63-64H,21-36,39-40H2,1-6H3,(H,65,71)(H,66,72)/t41-,42-,51+,52+,53-,54-,55-,56-/m0/s1. The van der Waals surface area contributed by atoms with Gasteiger partial charge in [0.2, 0.25) is 23.6 Å². The number of ether oxygens (including phenoxy) is 4. The molecule has 4 aromatic rings. The zero-order valence-corrected chi connectivity index (χ0v) is 47.6. The first-order valence-corrected chi connectivity index (χ1v) is 28.8. The van der Waals surface area contributed by atoms with Gasteiger partial charge in [-0.2, -0.15) is 0 Å². The van der Waals surface area contributed by atoms with E-state index < -0.39 is 36.3 Å². The van der Waals surface area contributed by atoms with E-state index in [1.807, 2.05) is 105 Å². The lowest BCUT2D eigenvalue weighted by atomic mass is 9.90. The topological polar surface area (TPSA) is 200 Å². The highest BCUT2D eigenvalue weighted by atomic mass is 16.5. The van der Waals surface area contributed by atoms with E-state index in [0.29, 0.717) is 115 Å². The Bertz CT molecular complexity index is 2520. The average molecular weight is 1100 g/mol. The summed E-state index contributed by atoms with van der Waals surface area (Å²) in [6.07, 6.45) is 4.16. The second-order valence-corrected chi connectivity index (χ2v) is 22.0.